The van der Waals surface area contributed by atoms with Gasteiger partial charge in [-0.3, -0.25) is 0 Å². The molecule has 0 atom stereocenters. The molecule has 0 bridgehead atoms. The van der Waals surface area contributed by atoms with E-state index in [-0.39, 0.29) is 77.6 Å². The summed E-state index contributed by atoms with van der Waals surface area (Å²) < 4.78 is 164. The molecule has 0 aliphatic rings. The van der Waals surface area contributed by atoms with Gasteiger partial charge in [0.1, 0.15) is 16.4 Å². The summed E-state index contributed by atoms with van der Waals surface area (Å²) in [5.74, 6) is 0. The number of fused-ring (bicyclic) bond motifs is 6. The number of nitriles is 1. The topological polar surface area (TPSA) is 78.6 Å². The van der Waals surface area contributed by atoms with Crippen LogP contribution < -0.4 is 10.7 Å². The highest BCUT2D eigenvalue weighted by atomic mass is 19.4. The fourth-order valence-corrected chi connectivity index (χ4v) is 6.35. The van der Waals surface area contributed by atoms with E-state index in [0.29, 0.717) is 24.3 Å². The number of halogens is 12. The van der Waals surface area contributed by atoms with E-state index < -0.39 is 58.1 Å². The Morgan fingerprint density at radius 2 is 0.944 bits per heavy atom. The van der Waals surface area contributed by atoms with Crippen LogP contribution in [0.25, 0.3) is 70.8 Å². The van der Waals surface area contributed by atoms with Crippen molar-refractivity contribution in [2.75, 3.05) is 0 Å². The van der Waals surface area contributed by atoms with Gasteiger partial charge in [0.15, 0.2) is 5.36 Å². The fraction of sp³-hybridized carbons (Fsp3) is 0.111. The molecule has 0 amide bonds. The molecule has 18 heteroatoms. The third-order valence-corrected chi connectivity index (χ3v) is 8.64. The largest absolute Gasteiger partial charge is 0.417 e. The average Bonchev–Trinajstić information content (AvgIpc) is 3.56. The maximum absolute atomic E-state index is 14.0. The van der Waals surface area contributed by atoms with Crippen LogP contribution in [0.3, 0.4) is 0 Å². The van der Waals surface area contributed by atoms with Crippen LogP contribution in [0.2, 0.25) is 0 Å². The lowest BCUT2D eigenvalue weighted by atomic mass is 9.95. The van der Waals surface area contributed by atoms with Gasteiger partial charge < -0.3 is 0 Å². The van der Waals surface area contributed by atoms with Crippen molar-refractivity contribution >= 4 is 43.6 Å². The Hall–Kier alpha value is -6.56. The molecule has 0 saturated heterocycles. The van der Waals surface area contributed by atoms with Crippen molar-refractivity contribution in [2.24, 2.45) is 10.1 Å². The van der Waals surface area contributed by atoms with Gasteiger partial charge in [0.05, 0.1) is 38.4 Å². The van der Waals surface area contributed by atoms with Crippen molar-refractivity contribution in [3.63, 3.8) is 0 Å². The van der Waals surface area contributed by atoms with Crippen molar-refractivity contribution in [2.45, 2.75) is 24.7 Å². The summed E-state index contributed by atoms with van der Waals surface area (Å²) in [4.78, 5) is 16.0. The second kappa shape index (κ2) is 12.0. The Balaban J connectivity index is 1.48. The summed E-state index contributed by atoms with van der Waals surface area (Å²) in [7, 11) is 0. The van der Waals surface area contributed by atoms with Gasteiger partial charge in [-0.2, -0.15) is 69.5 Å². The molecule has 0 spiro atoms. The number of benzene rings is 4. The third-order valence-electron chi connectivity index (χ3n) is 8.64. The molecule has 0 aliphatic heterocycles. The van der Waals surface area contributed by atoms with Crippen LogP contribution in [-0.2, 0) is 24.7 Å². The summed E-state index contributed by atoms with van der Waals surface area (Å²) in [6.07, 6.45) is -18.9. The standard InChI is InChI=1S/C36H12F12N6/c1-50-54-30-24-11-16(20-9-5-18(34(40,41)42)13-26(20)36(46,47)48)3-7-22(24)29-32(30)53-28-21-6-2-15(10-23(21)27(51-14-49)31(28)52-29)19-8-4-17(33(37,38)39)12-25(19)35(43,44)45/h2-13H/b51-27+,54-30+. The first-order valence-electron chi connectivity index (χ1n) is 14.9. The number of aromatic nitrogens is 2. The summed E-state index contributed by atoms with van der Waals surface area (Å²) in [5, 5.41) is 13.4. The van der Waals surface area contributed by atoms with Gasteiger partial charge >= 0.3 is 24.7 Å². The second-order valence-corrected chi connectivity index (χ2v) is 11.8. The molecule has 6 aromatic carbocycles. The molecular weight excluding hydrogens is 744 g/mol. The normalized spacial score (nSPS) is 13.7. The minimum Gasteiger partial charge on any atom is -0.241 e. The van der Waals surface area contributed by atoms with Crippen LogP contribution in [-0.4, -0.2) is 9.97 Å². The van der Waals surface area contributed by atoms with Crippen molar-refractivity contribution in [3.05, 3.63) is 117 Å². The van der Waals surface area contributed by atoms with Crippen molar-refractivity contribution in [3.8, 4) is 28.4 Å². The Labute approximate surface area is 292 Å². The van der Waals surface area contributed by atoms with Crippen molar-refractivity contribution in [1.29, 1.82) is 5.26 Å². The molecule has 0 saturated carbocycles. The second-order valence-electron chi connectivity index (χ2n) is 11.8. The Kier molecular flexibility index (Phi) is 7.95. The zero-order valence-corrected chi connectivity index (χ0v) is 26.1. The molecule has 0 unspecified atom stereocenters. The summed E-state index contributed by atoms with van der Waals surface area (Å²) in [6.45, 7) is 7.37. The van der Waals surface area contributed by atoms with Gasteiger partial charge in [0, 0.05) is 21.5 Å². The Morgan fingerprint density at radius 1 is 0.519 bits per heavy atom. The average molecular weight is 757 g/mol. The zero-order valence-electron chi connectivity index (χ0n) is 26.1. The molecule has 1 aromatic heterocycles. The highest BCUT2D eigenvalue weighted by Gasteiger charge is 2.40. The molecule has 7 rings (SSSR count). The minimum absolute atomic E-state index is 0.0144. The number of alkyl halides is 12. The maximum Gasteiger partial charge on any atom is 0.417 e. The molecule has 0 aliphatic carbocycles. The van der Waals surface area contributed by atoms with E-state index in [9.17, 15) is 57.9 Å². The first-order chi connectivity index (χ1) is 25.2. The van der Waals surface area contributed by atoms with Crippen LogP contribution in [0.1, 0.15) is 22.3 Å². The van der Waals surface area contributed by atoms with Gasteiger partial charge in [0.2, 0.25) is 6.19 Å². The van der Waals surface area contributed by atoms with Gasteiger partial charge in [-0.25, -0.2) is 9.97 Å². The lowest BCUT2D eigenvalue weighted by Gasteiger charge is -2.16. The molecular formula is C36H12F12N6. The third kappa shape index (κ3) is 5.89. The molecule has 0 radical (unpaired) electrons. The summed E-state index contributed by atoms with van der Waals surface area (Å²) in [5.41, 5.74) is -7.85. The predicted molar refractivity (Wildman–Crippen MR) is 169 cm³/mol. The van der Waals surface area contributed by atoms with Crippen LogP contribution in [0, 0.1) is 18.0 Å². The molecule has 1 heterocycles. The smallest absolute Gasteiger partial charge is 0.241 e. The molecule has 54 heavy (non-hydrogen) atoms. The molecule has 270 valence electrons. The van der Waals surface area contributed by atoms with E-state index in [1.54, 1.807) is 6.19 Å². The highest BCUT2D eigenvalue weighted by Crippen LogP contribution is 2.43. The number of hydrogen-bond donors (Lipinski definition) is 0. The van der Waals surface area contributed by atoms with E-state index in [0.717, 1.165) is 0 Å². The molecule has 0 N–H and O–H groups in total. The molecule has 0 fully saturated rings. The zero-order chi connectivity index (χ0) is 39.1. The van der Waals surface area contributed by atoms with Crippen LogP contribution >= 0.6 is 0 Å². The fourth-order valence-electron chi connectivity index (χ4n) is 6.35. The number of hydrogen-bond acceptors (Lipinski definition) is 5. The predicted octanol–water partition coefficient (Wildman–Crippen LogP) is 10.5. The van der Waals surface area contributed by atoms with Crippen LogP contribution in [0.15, 0.2) is 82.9 Å². The Morgan fingerprint density at radius 3 is 1.33 bits per heavy atom. The first-order valence-corrected chi connectivity index (χ1v) is 14.9. The van der Waals surface area contributed by atoms with Crippen LogP contribution in [0.4, 0.5) is 52.7 Å². The lowest BCUT2D eigenvalue weighted by Crippen LogP contribution is -2.12. The van der Waals surface area contributed by atoms with Crippen molar-refractivity contribution < 1.29 is 52.7 Å². The van der Waals surface area contributed by atoms with E-state index in [1.807, 2.05) is 0 Å². The monoisotopic (exact) mass is 756 g/mol. The van der Waals surface area contributed by atoms with Gasteiger partial charge in [0.25, 0.3) is 0 Å². The molecule has 6 nitrogen and oxygen atoms in total. The van der Waals surface area contributed by atoms with Gasteiger partial charge in [-0.05, 0) is 58.7 Å². The summed E-state index contributed by atoms with van der Waals surface area (Å²) in [6, 6.07) is 9.60. The van der Waals surface area contributed by atoms with Gasteiger partial charge in [-0.15, -0.1) is 4.95 Å². The summed E-state index contributed by atoms with van der Waals surface area (Å²) >= 11 is 0. The Bertz CT molecular complexity index is 2710. The SMILES string of the molecule is [C-]#[N+]/N=c1\c2cc(-c3ccc(C(F)(F)F)cc3C(F)(F)F)ccc2c2nc3/c(=N/C#N)c4cc(-c5ccc(C(F)(F)F)cc5C(F)(F)F)ccc4c3nc12. The highest BCUT2D eigenvalue weighted by molar-refractivity contribution is 6.15. The van der Waals surface area contributed by atoms with Crippen molar-refractivity contribution in [1.82, 2.24) is 9.97 Å². The first kappa shape index (κ1) is 35.8. The minimum atomic E-state index is -5.20. The van der Waals surface area contributed by atoms with E-state index in [4.69, 9.17) is 6.57 Å². The number of nitrogens with zero attached hydrogens (tertiary/aromatic N) is 6. The van der Waals surface area contributed by atoms with Gasteiger partial charge in [-0.1, -0.05) is 36.4 Å². The maximum atomic E-state index is 14.0. The molecule has 7 aromatic rings. The van der Waals surface area contributed by atoms with Crippen LogP contribution in [0.5, 0.6) is 0 Å². The lowest BCUT2D eigenvalue weighted by molar-refractivity contribution is -0.144. The quantitative estimate of drug-likeness (QED) is 0.0763. The number of rotatable bonds is 2. The van der Waals surface area contributed by atoms with E-state index in [1.165, 1.54) is 36.4 Å². The van der Waals surface area contributed by atoms with E-state index in [2.05, 4.69) is 25.0 Å². The van der Waals surface area contributed by atoms with E-state index >= 15 is 0 Å².